The molecule has 2 N–H and O–H groups in total. The van der Waals surface area contributed by atoms with Crippen molar-refractivity contribution >= 4 is 17.7 Å². The highest BCUT2D eigenvalue weighted by atomic mass is 16.5. The van der Waals surface area contributed by atoms with E-state index < -0.39 is 18.0 Å². The Hall–Kier alpha value is -3.68. The van der Waals surface area contributed by atoms with Crippen molar-refractivity contribution in [2.24, 2.45) is 0 Å². The van der Waals surface area contributed by atoms with Crippen LogP contribution in [-0.4, -0.2) is 39.9 Å². The van der Waals surface area contributed by atoms with Crippen molar-refractivity contribution in [3.8, 4) is 17.2 Å². The molecule has 1 unspecified atom stereocenters. The van der Waals surface area contributed by atoms with Gasteiger partial charge in [-0.1, -0.05) is 0 Å². The van der Waals surface area contributed by atoms with Crippen molar-refractivity contribution in [1.82, 2.24) is 10.6 Å². The first-order valence-corrected chi connectivity index (χ1v) is 9.37. The predicted octanol–water partition coefficient (Wildman–Crippen LogP) is 3.04. The van der Waals surface area contributed by atoms with Gasteiger partial charge < -0.3 is 29.6 Å². The molecule has 1 heterocycles. The molecule has 2 amide bonds. The molecule has 2 aromatic carbocycles. The summed E-state index contributed by atoms with van der Waals surface area (Å²) in [5.41, 5.74) is 1.88. The van der Waals surface area contributed by atoms with E-state index in [1.807, 2.05) is 0 Å². The van der Waals surface area contributed by atoms with Gasteiger partial charge in [-0.15, -0.1) is 0 Å². The Morgan fingerprint density at radius 3 is 2.23 bits per heavy atom. The summed E-state index contributed by atoms with van der Waals surface area (Å²) in [4.78, 5) is 25.5. The first-order chi connectivity index (χ1) is 14.5. The lowest BCUT2D eigenvalue weighted by molar-refractivity contribution is -0.138. The largest absolute Gasteiger partial charge is 0.497 e. The average molecular weight is 412 g/mol. The normalized spacial score (nSPS) is 15.7. The van der Waals surface area contributed by atoms with Crippen LogP contribution in [0.3, 0.4) is 0 Å². The first-order valence-electron chi connectivity index (χ1n) is 9.37. The molecule has 1 aliphatic rings. The topological polar surface area (TPSA) is 95.1 Å². The van der Waals surface area contributed by atoms with E-state index >= 15 is 0 Å². The van der Waals surface area contributed by atoms with Crippen LogP contribution in [0, 0.1) is 0 Å². The van der Waals surface area contributed by atoms with Gasteiger partial charge in [-0.2, -0.15) is 0 Å². The molecule has 8 heteroatoms. The maximum Gasteiger partial charge on any atom is 0.338 e. The Balaban J connectivity index is 2.19. The smallest absolute Gasteiger partial charge is 0.338 e. The van der Waals surface area contributed by atoms with Crippen molar-refractivity contribution in [3.05, 3.63) is 59.2 Å². The second kappa shape index (κ2) is 9.21. The Morgan fingerprint density at radius 1 is 0.967 bits per heavy atom. The average Bonchev–Trinajstić information content (AvgIpc) is 2.78. The maximum atomic E-state index is 13.0. The monoisotopic (exact) mass is 412 g/mol. The molecule has 0 bridgehead atoms. The van der Waals surface area contributed by atoms with Gasteiger partial charge >= 0.3 is 12.0 Å². The van der Waals surface area contributed by atoms with E-state index in [0.29, 0.717) is 34.1 Å². The highest BCUT2D eigenvalue weighted by Crippen LogP contribution is 2.38. The molecule has 0 fully saturated rings. The molecule has 3 rings (SSSR count). The molecule has 158 valence electrons. The summed E-state index contributed by atoms with van der Waals surface area (Å²) in [6.07, 6.45) is 0. The van der Waals surface area contributed by atoms with Crippen molar-refractivity contribution < 1.29 is 28.5 Å². The molecule has 30 heavy (non-hydrogen) atoms. The van der Waals surface area contributed by atoms with Gasteiger partial charge in [-0.3, -0.25) is 0 Å². The van der Waals surface area contributed by atoms with Gasteiger partial charge in [-0.05, 0) is 48.9 Å². The Labute approximate surface area is 174 Å². The summed E-state index contributed by atoms with van der Waals surface area (Å²) in [5, 5.41) is 5.54. The van der Waals surface area contributed by atoms with Crippen LogP contribution in [0.15, 0.2) is 48.0 Å². The number of carbonyl (C=O) groups excluding carboxylic acids is 2. The summed E-state index contributed by atoms with van der Waals surface area (Å²) in [6.45, 7) is 1.92. The number of ether oxygens (including phenoxy) is 4. The zero-order valence-electron chi connectivity index (χ0n) is 17.3. The summed E-state index contributed by atoms with van der Waals surface area (Å²) < 4.78 is 21.2. The highest BCUT2D eigenvalue weighted by Gasteiger charge is 2.36. The number of amides is 2. The molecule has 1 aliphatic heterocycles. The van der Waals surface area contributed by atoms with Gasteiger partial charge in [0.15, 0.2) is 0 Å². The second-order valence-corrected chi connectivity index (χ2v) is 6.38. The number of rotatable bonds is 7. The van der Waals surface area contributed by atoms with E-state index in [9.17, 15) is 9.59 Å². The van der Waals surface area contributed by atoms with Crippen LogP contribution >= 0.6 is 0 Å². The van der Waals surface area contributed by atoms with Crippen molar-refractivity contribution in [2.75, 3.05) is 27.9 Å². The second-order valence-electron chi connectivity index (χ2n) is 6.38. The van der Waals surface area contributed by atoms with Crippen LogP contribution < -0.4 is 24.8 Å². The van der Waals surface area contributed by atoms with Gasteiger partial charge in [0.05, 0.1) is 45.2 Å². The third-order valence-corrected chi connectivity index (χ3v) is 4.70. The summed E-state index contributed by atoms with van der Waals surface area (Å²) in [6, 6.07) is 11.0. The fourth-order valence-electron chi connectivity index (χ4n) is 3.27. The molecule has 0 aromatic heterocycles. The summed E-state index contributed by atoms with van der Waals surface area (Å²) in [7, 11) is 4.63. The quantitative estimate of drug-likeness (QED) is 0.679. The number of urea groups is 1. The Bertz CT molecular complexity index is 968. The lowest BCUT2D eigenvalue weighted by atomic mass is 9.92. The van der Waals surface area contributed by atoms with Crippen LogP contribution in [0.2, 0.25) is 0 Å². The van der Waals surface area contributed by atoms with E-state index in [1.54, 1.807) is 63.6 Å². The minimum absolute atomic E-state index is 0.193. The van der Waals surface area contributed by atoms with Gasteiger partial charge in [0.2, 0.25) is 0 Å². The fraction of sp³-hybridized carbons (Fsp3) is 0.273. The van der Waals surface area contributed by atoms with Crippen LogP contribution in [0.5, 0.6) is 17.2 Å². The number of nitrogens with one attached hydrogen (secondary N) is 2. The molecular weight excluding hydrogens is 388 g/mol. The molecule has 0 saturated carbocycles. The van der Waals surface area contributed by atoms with Gasteiger partial charge in [0, 0.05) is 11.6 Å². The zero-order valence-corrected chi connectivity index (χ0v) is 17.3. The lowest BCUT2D eigenvalue weighted by Crippen LogP contribution is -2.45. The Kier molecular flexibility index (Phi) is 6.46. The molecule has 0 radical (unpaired) electrons. The van der Waals surface area contributed by atoms with Gasteiger partial charge in [-0.25, -0.2) is 9.59 Å². The number of carbonyl (C=O) groups is 2. The lowest BCUT2D eigenvalue weighted by Gasteiger charge is -2.30. The minimum Gasteiger partial charge on any atom is -0.497 e. The van der Waals surface area contributed by atoms with Crippen molar-refractivity contribution in [2.45, 2.75) is 13.0 Å². The Morgan fingerprint density at radius 2 is 1.63 bits per heavy atom. The van der Waals surface area contributed by atoms with Crippen LogP contribution in [0.1, 0.15) is 24.1 Å². The summed E-state index contributed by atoms with van der Waals surface area (Å²) >= 11 is 0. The number of benzene rings is 2. The molecular formula is C22H24N2O6. The third-order valence-electron chi connectivity index (χ3n) is 4.70. The minimum atomic E-state index is -0.782. The van der Waals surface area contributed by atoms with Crippen LogP contribution in [0.4, 0.5) is 4.79 Å². The van der Waals surface area contributed by atoms with Crippen LogP contribution in [-0.2, 0) is 9.53 Å². The molecule has 0 spiro atoms. The maximum absolute atomic E-state index is 13.0. The fourth-order valence-corrected chi connectivity index (χ4v) is 3.27. The zero-order chi connectivity index (χ0) is 21.7. The number of hydrogen-bond acceptors (Lipinski definition) is 6. The van der Waals surface area contributed by atoms with E-state index in [4.69, 9.17) is 18.9 Å². The number of esters is 1. The molecule has 1 atom stereocenters. The van der Waals surface area contributed by atoms with Crippen molar-refractivity contribution in [1.29, 1.82) is 0 Å². The highest BCUT2D eigenvalue weighted by molar-refractivity contribution is 6.04. The molecule has 2 aromatic rings. The first kappa shape index (κ1) is 21.0. The number of hydrogen-bond donors (Lipinski definition) is 2. The van der Waals surface area contributed by atoms with E-state index in [1.165, 1.54) is 7.11 Å². The molecule has 0 saturated heterocycles. The van der Waals surface area contributed by atoms with Gasteiger partial charge in [0.25, 0.3) is 0 Å². The number of methoxy groups -OCH3 is 3. The van der Waals surface area contributed by atoms with E-state index in [0.717, 1.165) is 0 Å². The van der Waals surface area contributed by atoms with E-state index in [-0.39, 0.29) is 12.2 Å². The predicted molar refractivity (Wildman–Crippen MR) is 111 cm³/mol. The molecule has 8 nitrogen and oxygen atoms in total. The molecule has 0 aliphatic carbocycles. The van der Waals surface area contributed by atoms with Gasteiger partial charge in [0.1, 0.15) is 17.2 Å². The summed E-state index contributed by atoms with van der Waals surface area (Å²) in [5.74, 6) is 1.18. The standard InChI is InChI=1S/C22H24N2O6/c1-5-30-21(25)18-19(13-6-8-14(27-2)9-7-13)23-22(26)24-20(18)16-11-10-15(28-3)12-17(16)29-4/h6-12,20H,5H2,1-4H3,(H2,23,24,26). The SMILES string of the molecule is CCOC(=O)C1=C(c2ccc(OC)cc2)NC(=O)NC1c1ccc(OC)cc1OC. The van der Waals surface area contributed by atoms with Crippen molar-refractivity contribution in [3.63, 3.8) is 0 Å². The van der Waals surface area contributed by atoms with E-state index in [2.05, 4.69) is 10.6 Å². The van der Waals surface area contributed by atoms with Crippen LogP contribution in [0.25, 0.3) is 5.70 Å². The third kappa shape index (κ3) is 4.17.